The molecule has 1 atom stereocenters. The minimum absolute atomic E-state index is 0.0444. The number of rotatable bonds is 5. The van der Waals surface area contributed by atoms with E-state index in [1.807, 2.05) is 0 Å². The highest BCUT2D eigenvalue weighted by Crippen LogP contribution is 2.17. The summed E-state index contributed by atoms with van der Waals surface area (Å²) < 4.78 is 47.9. The summed E-state index contributed by atoms with van der Waals surface area (Å²) in [5.74, 6) is -0.319. The molecule has 1 aliphatic heterocycles. The van der Waals surface area contributed by atoms with Crippen molar-refractivity contribution in [2.24, 2.45) is 5.73 Å². The van der Waals surface area contributed by atoms with E-state index in [1.54, 1.807) is 12.2 Å². The maximum Gasteiger partial charge on any atom is 0.215 e. The molecule has 0 aliphatic carbocycles. The molecule has 1 saturated heterocycles. The third-order valence-corrected chi connectivity index (χ3v) is 6.16. The van der Waals surface area contributed by atoms with Crippen molar-refractivity contribution in [2.75, 3.05) is 24.6 Å². The van der Waals surface area contributed by atoms with Crippen LogP contribution in [0.1, 0.15) is 6.42 Å². The topological polar surface area (TPSA) is 106 Å². The molecule has 16 heavy (non-hydrogen) atoms. The summed E-state index contributed by atoms with van der Waals surface area (Å²) in [4.78, 5) is 0. The molecule has 8 heteroatoms. The van der Waals surface area contributed by atoms with Gasteiger partial charge in [-0.3, -0.25) is 0 Å². The lowest BCUT2D eigenvalue weighted by Crippen LogP contribution is -2.35. The summed E-state index contributed by atoms with van der Waals surface area (Å²) in [6, 6.07) is 0. The monoisotopic (exact) mass is 268 g/mol. The van der Waals surface area contributed by atoms with Crippen LogP contribution in [0.3, 0.4) is 0 Å². The molecule has 0 saturated carbocycles. The van der Waals surface area contributed by atoms with Crippen LogP contribution in [0.25, 0.3) is 0 Å². The molecular weight excluding hydrogens is 252 g/mol. The van der Waals surface area contributed by atoms with Crippen LogP contribution in [0.5, 0.6) is 0 Å². The first-order valence-corrected chi connectivity index (χ1v) is 8.28. The van der Waals surface area contributed by atoms with Crippen molar-refractivity contribution in [2.45, 2.75) is 11.7 Å². The highest BCUT2D eigenvalue weighted by atomic mass is 32.2. The van der Waals surface area contributed by atoms with Gasteiger partial charge in [-0.25, -0.2) is 21.6 Å². The Kier molecular flexibility index (Phi) is 4.48. The molecule has 6 nitrogen and oxygen atoms in total. The van der Waals surface area contributed by atoms with Gasteiger partial charge < -0.3 is 5.73 Å². The molecule has 1 unspecified atom stereocenters. The van der Waals surface area contributed by atoms with E-state index in [-0.39, 0.29) is 24.5 Å². The Bertz CT molecular complexity index is 452. The minimum Gasteiger partial charge on any atom is -0.327 e. The Hall–Kier alpha value is -0.440. The van der Waals surface area contributed by atoms with E-state index < -0.39 is 25.1 Å². The number of sulfone groups is 1. The smallest absolute Gasteiger partial charge is 0.215 e. The van der Waals surface area contributed by atoms with E-state index in [4.69, 9.17) is 5.73 Å². The molecule has 0 aromatic carbocycles. The Morgan fingerprint density at radius 1 is 1.38 bits per heavy atom. The van der Waals surface area contributed by atoms with E-state index in [0.29, 0.717) is 6.54 Å². The van der Waals surface area contributed by atoms with Crippen molar-refractivity contribution in [3.63, 3.8) is 0 Å². The highest BCUT2D eigenvalue weighted by molar-refractivity contribution is 7.95. The van der Waals surface area contributed by atoms with Crippen molar-refractivity contribution in [3.8, 4) is 0 Å². The van der Waals surface area contributed by atoms with Crippen LogP contribution < -0.4 is 10.5 Å². The number of hydrogen-bond acceptors (Lipinski definition) is 5. The molecule has 94 valence electrons. The van der Waals surface area contributed by atoms with E-state index in [0.717, 1.165) is 0 Å². The quantitative estimate of drug-likeness (QED) is 0.597. The summed E-state index contributed by atoms with van der Waals surface area (Å²) in [6.07, 6.45) is 3.41. The average Bonchev–Trinajstić information content (AvgIpc) is 2.54. The number of nitrogens with one attached hydrogen (secondary N) is 1. The van der Waals surface area contributed by atoms with E-state index in [9.17, 15) is 16.8 Å². The first-order valence-electron chi connectivity index (χ1n) is 4.91. The van der Waals surface area contributed by atoms with Crippen molar-refractivity contribution >= 4 is 19.9 Å². The fraction of sp³-hybridized carbons (Fsp3) is 0.750. The Labute approximate surface area is 95.9 Å². The zero-order valence-corrected chi connectivity index (χ0v) is 10.4. The van der Waals surface area contributed by atoms with E-state index in [1.165, 1.54) is 0 Å². The van der Waals surface area contributed by atoms with Gasteiger partial charge in [0.1, 0.15) is 0 Å². The molecule has 1 fully saturated rings. The summed E-state index contributed by atoms with van der Waals surface area (Å²) in [7, 11) is -6.70. The van der Waals surface area contributed by atoms with Gasteiger partial charge >= 0.3 is 0 Å². The lowest BCUT2D eigenvalue weighted by molar-refractivity contribution is 0.572. The first kappa shape index (κ1) is 13.6. The van der Waals surface area contributed by atoms with Crippen molar-refractivity contribution in [1.82, 2.24) is 4.72 Å². The predicted molar refractivity (Wildman–Crippen MR) is 62.2 cm³/mol. The second kappa shape index (κ2) is 5.26. The minimum atomic E-state index is -3.53. The maximum absolute atomic E-state index is 11.6. The Morgan fingerprint density at radius 3 is 2.56 bits per heavy atom. The molecule has 1 rings (SSSR count). The van der Waals surface area contributed by atoms with Gasteiger partial charge in [0.2, 0.25) is 10.0 Å². The molecule has 0 amide bonds. The largest absolute Gasteiger partial charge is 0.327 e. The molecule has 0 spiro atoms. The van der Waals surface area contributed by atoms with Crippen LogP contribution in [0.2, 0.25) is 0 Å². The SMILES string of the molecule is NC/C=C/CNS(=O)(=O)C1CCS(=O)(=O)C1. The van der Waals surface area contributed by atoms with Crippen molar-refractivity contribution < 1.29 is 16.8 Å². The highest BCUT2D eigenvalue weighted by Gasteiger charge is 2.36. The summed E-state index contributed by atoms with van der Waals surface area (Å²) in [6.45, 7) is 0.496. The molecule has 1 heterocycles. The third kappa shape index (κ3) is 3.85. The second-order valence-electron chi connectivity index (χ2n) is 3.63. The molecule has 0 aromatic heterocycles. The van der Waals surface area contributed by atoms with Gasteiger partial charge in [0.15, 0.2) is 9.84 Å². The normalized spacial score (nSPS) is 25.2. The molecule has 0 radical (unpaired) electrons. The van der Waals surface area contributed by atoms with Crippen LogP contribution >= 0.6 is 0 Å². The lowest BCUT2D eigenvalue weighted by Gasteiger charge is -2.09. The summed E-state index contributed by atoms with van der Waals surface area (Å²) >= 11 is 0. The van der Waals surface area contributed by atoms with E-state index >= 15 is 0 Å². The Morgan fingerprint density at radius 2 is 2.06 bits per heavy atom. The summed E-state index contributed by atoms with van der Waals surface area (Å²) in [5.41, 5.74) is 5.19. The van der Waals surface area contributed by atoms with Gasteiger partial charge in [-0.15, -0.1) is 0 Å². The molecular formula is C8H16N2O4S2. The van der Waals surface area contributed by atoms with Gasteiger partial charge in [0, 0.05) is 13.1 Å². The predicted octanol–water partition coefficient (Wildman–Crippen LogP) is -1.39. The van der Waals surface area contributed by atoms with Crippen LogP contribution in [-0.4, -0.2) is 46.7 Å². The number of sulfonamides is 1. The fourth-order valence-corrected chi connectivity index (χ4v) is 5.49. The molecule has 3 N–H and O–H groups in total. The Balaban J connectivity index is 2.56. The molecule has 1 aliphatic rings. The molecule has 0 bridgehead atoms. The standard InChI is InChI=1S/C8H16N2O4S2/c9-4-1-2-5-10-16(13,14)8-3-6-15(11,12)7-8/h1-2,8,10H,3-7,9H2/b2-1+. The third-order valence-electron chi connectivity index (χ3n) is 2.33. The van der Waals surface area contributed by atoms with Crippen LogP contribution in [0.4, 0.5) is 0 Å². The van der Waals surface area contributed by atoms with E-state index in [2.05, 4.69) is 4.72 Å². The number of nitrogens with two attached hydrogens (primary N) is 1. The average molecular weight is 268 g/mol. The number of hydrogen-bond donors (Lipinski definition) is 2. The van der Waals surface area contributed by atoms with Crippen LogP contribution in [0.15, 0.2) is 12.2 Å². The lowest BCUT2D eigenvalue weighted by atomic mass is 10.4. The van der Waals surface area contributed by atoms with Crippen molar-refractivity contribution in [3.05, 3.63) is 12.2 Å². The van der Waals surface area contributed by atoms with Crippen LogP contribution in [-0.2, 0) is 19.9 Å². The fourth-order valence-electron chi connectivity index (χ4n) is 1.47. The van der Waals surface area contributed by atoms with Gasteiger partial charge in [0.05, 0.1) is 16.8 Å². The van der Waals surface area contributed by atoms with Crippen LogP contribution in [0, 0.1) is 0 Å². The first-order chi connectivity index (χ1) is 7.37. The van der Waals surface area contributed by atoms with Crippen molar-refractivity contribution in [1.29, 1.82) is 0 Å². The second-order valence-corrected chi connectivity index (χ2v) is 7.90. The zero-order valence-electron chi connectivity index (χ0n) is 8.79. The van der Waals surface area contributed by atoms with Gasteiger partial charge in [-0.1, -0.05) is 12.2 Å². The van der Waals surface area contributed by atoms with Gasteiger partial charge in [0.25, 0.3) is 0 Å². The summed E-state index contributed by atoms with van der Waals surface area (Å²) in [5, 5.41) is -0.816. The molecule has 0 aromatic rings. The zero-order chi connectivity index (χ0) is 12.2. The van der Waals surface area contributed by atoms with Gasteiger partial charge in [-0.05, 0) is 6.42 Å². The van der Waals surface area contributed by atoms with Gasteiger partial charge in [-0.2, -0.15) is 0 Å². The maximum atomic E-state index is 11.6.